The van der Waals surface area contributed by atoms with Gasteiger partial charge >= 0.3 is 0 Å². The maximum Gasteiger partial charge on any atom is 0.255 e. The number of amides is 1. The molecule has 0 fully saturated rings. The van der Waals surface area contributed by atoms with Crippen LogP contribution in [0.15, 0.2) is 73.1 Å². The number of carbonyl (C=O) groups excluding carboxylic acids is 1. The SMILES string of the molecule is COc1ccc(-c2ccccc2)cc1C(=O)NCCCc1cccnc1. The Kier molecular flexibility index (Phi) is 5.99. The predicted octanol–water partition coefficient (Wildman–Crippen LogP) is 4.12. The van der Waals surface area contributed by atoms with Crippen LogP contribution in [0.3, 0.4) is 0 Å². The lowest BCUT2D eigenvalue weighted by molar-refractivity contribution is 0.0950. The Bertz CT molecular complexity index is 849. The molecule has 1 aromatic heterocycles. The third-order valence-corrected chi connectivity index (χ3v) is 4.20. The third-order valence-electron chi connectivity index (χ3n) is 4.20. The van der Waals surface area contributed by atoms with E-state index in [4.69, 9.17) is 4.74 Å². The van der Waals surface area contributed by atoms with Gasteiger partial charge in [-0.05, 0) is 47.7 Å². The molecule has 132 valence electrons. The van der Waals surface area contributed by atoms with Gasteiger partial charge in [0.05, 0.1) is 12.7 Å². The van der Waals surface area contributed by atoms with Crippen LogP contribution in [0.25, 0.3) is 11.1 Å². The second-order valence-corrected chi connectivity index (χ2v) is 6.00. The molecule has 0 atom stereocenters. The van der Waals surface area contributed by atoms with Gasteiger partial charge in [-0.1, -0.05) is 42.5 Å². The van der Waals surface area contributed by atoms with E-state index in [2.05, 4.69) is 10.3 Å². The van der Waals surface area contributed by atoms with E-state index in [1.807, 2.05) is 66.9 Å². The minimum absolute atomic E-state index is 0.120. The molecule has 0 spiro atoms. The molecule has 1 amide bonds. The molecular weight excluding hydrogens is 324 g/mol. The van der Waals surface area contributed by atoms with Gasteiger partial charge in [-0.25, -0.2) is 0 Å². The van der Waals surface area contributed by atoms with Gasteiger partial charge in [-0.3, -0.25) is 9.78 Å². The van der Waals surface area contributed by atoms with Crippen molar-refractivity contribution in [1.29, 1.82) is 0 Å². The fourth-order valence-electron chi connectivity index (χ4n) is 2.83. The first-order valence-electron chi connectivity index (χ1n) is 8.68. The summed E-state index contributed by atoms with van der Waals surface area (Å²) in [6.45, 7) is 0.604. The van der Waals surface area contributed by atoms with Crippen molar-refractivity contribution < 1.29 is 9.53 Å². The Labute approximate surface area is 153 Å². The molecule has 26 heavy (non-hydrogen) atoms. The lowest BCUT2D eigenvalue weighted by atomic mass is 10.0. The topological polar surface area (TPSA) is 51.2 Å². The van der Waals surface area contributed by atoms with Crippen LogP contribution >= 0.6 is 0 Å². The quantitative estimate of drug-likeness (QED) is 0.655. The van der Waals surface area contributed by atoms with E-state index in [0.29, 0.717) is 17.9 Å². The largest absolute Gasteiger partial charge is 0.496 e. The van der Waals surface area contributed by atoms with Crippen LogP contribution in [-0.2, 0) is 6.42 Å². The Balaban J connectivity index is 1.65. The minimum Gasteiger partial charge on any atom is -0.496 e. The van der Waals surface area contributed by atoms with Crippen LogP contribution in [-0.4, -0.2) is 24.5 Å². The van der Waals surface area contributed by atoms with Gasteiger partial charge in [0.15, 0.2) is 0 Å². The van der Waals surface area contributed by atoms with Crippen molar-refractivity contribution in [3.05, 3.63) is 84.2 Å². The number of rotatable bonds is 7. The highest BCUT2D eigenvalue weighted by Crippen LogP contribution is 2.26. The van der Waals surface area contributed by atoms with Crippen LogP contribution in [0.5, 0.6) is 5.75 Å². The molecule has 4 nitrogen and oxygen atoms in total. The summed E-state index contributed by atoms with van der Waals surface area (Å²) in [5.41, 5.74) is 3.79. The normalized spacial score (nSPS) is 10.3. The molecule has 0 aliphatic carbocycles. The summed E-state index contributed by atoms with van der Waals surface area (Å²) >= 11 is 0. The van der Waals surface area contributed by atoms with Crippen molar-refractivity contribution in [3.8, 4) is 16.9 Å². The predicted molar refractivity (Wildman–Crippen MR) is 103 cm³/mol. The molecule has 1 heterocycles. The molecule has 0 radical (unpaired) electrons. The molecule has 2 aromatic carbocycles. The monoisotopic (exact) mass is 346 g/mol. The first-order valence-corrected chi connectivity index (χ1v) is 8.68. The van der Waals surface area contributed by atoms with Crippen LogP contribution in [0, 0.1) is 0 Å². The Morgan fingerprint density at radius 2 is 1.88 bits per heavy atom. The number of hydrogen-bond donors (Lipinski definition) is 1. The number of aryl methyl sites for hydroxylation is 1. The van der Waals surface area contributed by atoms with E-state index in [-0.39, 0.29) is 5.91 Å². The summed E-state index contributed by atoms with van der Waals surface area (Å²) in [5, 5.41) is 2.98. The highest BCUT2D eigenvalue weighted by molar-refractivity contribution is 5.98. The summed E-state index contributed by atoms with van der Waals surface area (Å²) < 4.78 is 5.36. The van der Waals surface area contributed by atoms with Crippen LogP contribution < -0.4 is 10.1 Å². The summed E-state index contributed by atoms with van der Waals surface area (Å²) in [4.78, 5) is 16.7. The molecule has 1 N–H and O–H groups in total. The first kappa shape index (κ1) is 17.7. The second kappa shape index (κ2) is 8.81. The van der Waals surface area contributed by atoms with Crippen molar-refractivity contribution in [2.45, 2.75) is 12.8 Å². The lowest BCUT2D eigenvalue weighted by Gasteiger charge is -2.11. The number of benzene rings is 2. The number of carbonyl (C=O) groups is 1. The number of aromatic nitrogens is 1. The maximum atomic E-state index is 12.6. The minimum atomic E-state index is -0.120. The molecule has 0 unspecified atom stereocenters. The van der Waals surface area contributed by atoms with Crippen LogP contribution in [0.2, 0.25) is 0 Å². The Hall–Kier alpha value is -3.14. The molecule has 0 aliphatic heterocycles. The smallest absolute Gasteiger partial charge is 0.255 e. The van der Waals surface area contributed by atoms with E-state index >= 15 is 0 Å². The molecule has 3 aromatic rings. The second-order valence-electron chi connectivity index (χ2n) is 6.00. The van der Waals surface area contributed by atoms with Gasteiger partial charge in [-0.15, -0.1) is 0 Å². The van der Waals surface area contributed by atoms with Gasteiger partial charge in [0.2, 0.25) is 0 Å². The van der Waals surface area contributed by atoms with Crippen molar-refractivity contribution >= 4 is 5.91 Å². The standard InChI is InChI=1S/C22H22N2O2/c1-26-21-12-11-19(18-9-3-2-4-10-18)15-20(21)22(25)24-14-6-8-17-7-5-13-23-16-17/h2-5,7,9-13,15-16H,6,8,14H2,1H3,(H,24,25). The van der Waals surface area contributed by atoms with Gasteiger partial charge in [0.25, 0.3) is 5.91 Å². The van der Waals surface area contributed by atoms with Gasteiger partial charge in [-0.2, -0.15) is 0 Å². The van der Waals surface area contributed by atoms with E-state index < -0.39 is 0 Å². The Morgan fingerprint density at radius 1 is 1.04 bits per heavy atom. The molecule has 0 saturated carbocycles. The van der Waals surface area contributed by atoms with Crippen molar-refractivity contribution in [1.82, 2.24) is 10.3 Å². The van der Waals surface area contributed by atoms with E-state index in [9.17, 15) is 4.79 Å². The van der Waals surface area contributed by atoms with Crippen molar-refractivity contribution in [2.24, 2.45) is 0 Å². The lowest BCUT2D eigenvalue weighted by Crippen LogP contribution is -2.25. The van der Waals surface area contributed by atoms with Gasteiger partial charge < -0.3 is 10.1 Å². The molecule has 4 heteroatoms. The number of pyridine rings is 1. The van der Waals surface area contributed by atoms with Gasteiger partial charge in [0.1, 0.15) is 5.75 Å². The van der Waals surface area contributed by atoms with Crippen molar-refractivity contribution in [3.63, 3.8) is 0 Å². The van der Waals surface area contributed by atoms with E-state index in [0.717, 1.165) is 24.0 Å². The summed E-state index contributed by atoms with van der Waals surface area (Å²) in [5.74, 6) is 0.459. The number of ether oxygens (including phenoxy) is 1. The zero-order chi connectivity index (χ0) is 18.2. The number of methoxy groups -OCH3 is 1. The van der Waals surface area contributed by atoms with E-state index in [1.165, 1.54) is 5.56 Å². The average molecular weight is 346 g/mol. The maximum absolute atomic E-state index is 12.6. The van der Waals surface area contributed by atoms with Crippen LogP contribution in [0.1, 0.15) is 22.3 Å². The zero-order valence-corrected chi connectivity index (χ0v) is 14.8. The molecule has 0 bridgehead atoms. The average Bonchev–Trinajstić information content (AvgIpc) is 2.72. The molecule has 0 aliphatic rings. The first-order chi connectivity index (χ1) is 12.8. The van der Waals surface area contributed by atoms with Crippen molar-refractivity contribution in [2.75, 3.05) is 13.7 Å². The fraction of sp³-hybridized carbons (Fsp3) is 0.182. The zero-order valence-electron chi connectivity index (χ0n) is 14.8. The summed E-state index contributed by atoms with van der Waals surface area (Å²) in [6, 6.07) is 19.6. The number of hydrogen-bond acceptors (Lipinski definition) is 3. The van der Waals surface area contributed by atoms with Crippen LogP contribution in [0.4, 0.5) is 0 Å². The van der Waals surface area contributed by atoms with E-state index in [1.54, 1.807) is 13.3 Å². The molecular formula is C22H22N2O2. The molecule has 3 rings (SSSR count). The highest BCUT2D eigenvalue weighted by atomic mass is 16.5. The molecule has 0 saturated heterocycles. The fourth-order valence-corrected chi connectivity index (χ4v) is 2.83. The summed E-state index contributed by atoms with van der Waals surface area (Å²) in [6.07, 6.45) is 5.36. The number of nitrogens with one attached hydrogen (secondary N) is 1. The highest BCUT2D eigenvalue weighted by Gasteiger charge is 2.13. The van der Waals surface area contributed by atoms with Gasteiger partial charge in [0, 0.05) is 18.9 Å². The summed E-state index contributed by atoms with van der Waals surface area (Å²) in [7, 11) is 1.58. The number of nitrogens with zero attached hydrogens (tertiary/aromatic N) is 1. The Morgan fingerprint density at radius 3 is 2.62 bits per heavy atom. The third kappa shape index (κ3) is 4.48.